The number of hydrogen-bond donors (Lipinski definition) is 1. The molecule has 1 heterocycles. The molecule has 2 rings (SSSR count). The first-order valence-electron chi connectivity index (χ1n) is 6.39. The maximum absolute atomic E-state index is 12.2. The number of phenolic OH excluding ortho intramolecular Hbond substituents is 1. The Morgan fingerprint density at radius 3 is 3.05 bits per heavy atom. The van der Waals surface area contributed by atoms with Crippen molar-refractivity contribution in [2.45, 2.75) is 12.6 Å². The number of morpholine rings is 1. The molecule has 0 spiro atoms. The van der Waals surface area contributed by atoms with E-state index >= 15 is 0 Å². The van der Waals surface area contributed by atoms with Crippen molar-refractivity contribution in [2.24, 2.45) is 0 Å². The van der Waals surface area contributed by atoms with Crippen LogP contribution in [0.5, 0.6) is 5.75 Å². The van der Waals surface area contributed by atoms with Crippen LogP contribution in [0.2, 0.25) is 0 Å². The van der Waals surface area contributed by atoms with Crippen LogP contribution in [-0.2, 0) is 16.1 Å². The number of carbonyl (C=O) groups excluding carboxylic acids is 1. The van der Waals surface area contributed by atoms with Crippen molar-refractivity contribution in [3.8, 4) is 5.75 Å². The van der Waals surface area contributed by atoms with Crippen molar-refractivity contribution < 1.29 is 14.6 Å². The highest BCUT2D eigenvalue weighted by Gasteiger charge is 2.27. The van der Waals surface area contributed by atoms with Gasteiger partial charge in [0.1, 0.15) is 11.9 Å². The lowest BCUT2D eigenvalue weighted by Crippen LogP contribution is -2.48. The molecule has 1 fully saturated rings. The Morgan fingerprint density at radius 1 is 1.58 bits per heavy atom. The van der Waals surface area contributed by atoms with Gasteiger partial charge in [-0.25, -0.2) is 0 Å². The molecule has 5 heteroatoms. The number of hydrogen-bond acceptors (Lipinski definition) is 4. The summed E-state index contributed by atoms with van der Waals surface area (Å²) in [7, 11) is 3.74. The highest BCUT2D eigenvalue weighted by atomic mass is 16.5. The summed E-state index contributed by atoms with van der Waals surface area (Å²) in [4.78, 5) is 16.0. The first-order chi connectivity index (χ1) is 9.06. The van der Waals surface area contributed by atoms with Gasteiger partial charge >= 0.3 is 0 Å². The number of carbonyl (C=O) groups is 1. The fraction of sp³-hybridized carbons (Fsp3) is 0.500. The standard InChI is InChI=1S/C14H20N2O3/c1-15-6-7-19-13(10-15)14(18)16(2)9-11-4-3-5-12(17)8-11/h3-5,8,13,17H,6-7,9-10H2,1-2H3/t13-/m0/s1. The van der Waals surface area contributed by atoms with Crippen molar-refractivity contribution in [1.29, 1.82) is 0 Å². The summed E-state index contributed by atoms with van der Waals surface area (Å²) in [5.41, 5.74) is 0.903. The minimum absolute atomic E-state index is 0.0186. The highest BCUT2D eigenvalue weighted by molar-refractivity contribution is 5.81. The number of ether oxygens (including phenoxy) is 1. The van der Waals surface area contributed by atoms with Gasteiger partial charge in [-0.05, 0) is 24.7 Å². The van der Waals surface area contributed by atoms with Crippen LogP contribution in [0.4, 0.5) is 0 Å². The maximum atomic E-state index is 12.2. The van der Waals surface area contributed by atoms with Crippen LogP contribution in [0, 0.1) is 0 Å². The largest absolute Gasteiger partial charge is 0.508 e. The summed E-state index contributed by atoms with van der Waals surface area (Å²) in [5, 5.41) is 9.41. The van der Waals surface area contributed by atoms with Crippen molar-refractivity contribution in [2.75, 3.05) is 33.8 Å². The first kappa shape index (κ1) is 13.8. The van der Waals surface area contributed by atoms with Crippen LogP contribution in [-0.4, -0.2) is 60.7 Å². The first-order valence-corrected chi connectivity index (χ1v) is 6.39. The van der Waals surface area contributed by atoms with Crippen molar-refractivity contribution in [1.82, 2.24) is 9.80 Å². The third-order valence-electron chi connectivity index (χ3n) is 3.25. The van der Waals surface area contributed by atoms with Gasteiger partial charge in [0, 0.05) is 26.7 Å². The topological polar surface area (TPSA) is 53.0 Å². The van der Waals surface area contributed by atoms with E-state index in [-0.39, 0.29) is 17.8 Å². The van der Waals surface area contributed by atoms with Crippen LogP contribution in [0.25, 0.3) is 0 Å². The average Bonchev–Trinajstić information content (AvgIpc) is 2.38. The smallest absolute Gasteiger partial charge is 0.253 e. The van der Waals surface area contributed by atoms with Gasteiger partial charge in [-0.1, -0.05) is 12.1 Å². The van der Waals surface area contributed by atoms with Crippen molar-refractivity contribution in [3.63, 3.8) is 0 Å². The minimum Gasteiger partial charge on any atom is -0.508 e. The Morgan fingerprint density at radius 2 is 2.37 bits per heavy atom. The lowest BCUT2D eigenvalue weighted by atomic mass is 10.2. The molecular formula is C14H20N2O3. The van der Waals surface area contributed by atoms with E-state index in [0.717, 1.165) is 12.1 Å². The zero-order chi connectivity index (χ0) is 13.8. The second-order valence-corrected chi connectivity index (χ2v) is 4.99. The van der Waals surface area contributed by atoms with Crippen molar-refractivity contribution in [3.05, 3.63) is 29.8 Å². The van der Waals surface area contributed by atoms with Crippen LogP contribution in [0.1, 0.15) is 5.56 Å². The number of benzene rings is 1. The molecule has 1 saturated heterocycles. The molecule has 0 saturated carbocycles. The predicted molar refractivity (Wildman–Crippen MR) is 71.8 cm³/mol. The molecule has 0 aromatic heterocycles. The van der Waals surface area contributed by atoms with Gasteiger partial charge in [-0.3, -0.25) is 4.79 Å². The Labute approximate surface area is 113 Å². The molecule has 0 bridgehead atoms. The zero-order valence-corrected chi connectivity index (χ0v) is 11.4. The molecule has 0 radical (unpaired) electrons. The van der Waals surface area contributed by atoms with E-state index < -0.39 is 0 Å². The SMILES string of the molecule is CN1CCO[C@H](C(=O)N(C)Cc2cccc(O)c2)C1. The molecule has 19 heavy (non-hydrogen) atoms. The molecule has 0 aliphatic carbocycles. The highest BCUT2D eigenvalue weighted by Crippen LogP contribution is 2.14. The Hall–Kier alpha value is -1.59. The molecule has 104 valence electrons. The molecule has 1 aliphatic rings. The van der Waals surface area contributed by atoms with Gasteiger partial charge in [0.25, 0.3) is 5.91 Å². The summed E-state index contributed by atoms with van der Waals surface area (Å²) in [6.07, 6.45) is -0.388. The monoisotopic (exact) mass is 264 g/mol. The molecule has 5 nitrogen and oxygen atoms in total. The van der Waals surface area contributed by atoms with Crippen LogP contribution >= 0.6 is 0 Å². The molecule has 1 aromatic carbocycles. The van der Waals surface area contributed by atoms with Crippen LogP contribution in [0.15, 0.2) is 24.3 Å². The second-order valence-electron chi connectivity index (χ2n) is 4.99. The molecule has 1 aliphatic heterocycles. The third kappa shape index (κ3) is 3.68. The fourth-order valence-electron chi connectivity index (χ4n) is 2.18. The third-order valence-corrected chi connectivity index (χ3v) is 3.25. The average molecular weight is 264 g/mol. The van der Waals surface area contributed by atoms with Gasteiger partial charge in [0.2, 0.25) is 0 Å². The zero-order valence-electron chi connectivity index (χ0n) is 11.4. The number of amides is 1. The van der Waals surface area contributed by atoms with Crippen LogP contribution < -0.4 is 0 Å². The quantitative estimate of drug-likeness (QED) is 0.872. The molecule has 1 aromatic rings. The molecule has 1 N–H and O–H groups in total. The Balaban J connectivity index is 1.95. The molecule has 1 amide bonds. The normalized spacial score (nSPS) is 20.2. The summed E-state index contributed by atoms with van der Waals surface area (Å²) >= 11 is 0. The van der Waals surface area contributed by atoms with E-state index in [1.165, 1.54) is 0 Å². The number of nitrogens with zero attached hydrogens (tertiary/aromatic N) is 2. The number of rotatable bonds is 3. The van der Waals surface area contributed by atoms with Crippen LogP contribution in [0.3, 0.4) is 0 Å². The molecule has 0 unspecified atom stereocenters. The Bertz CT molecular complexity index is 450. The molecule has 1 atom stereocenters. The Kier molecular flexibility index (Phi) is 4.39. The van der Waals surface area contributed by atoms with Gasteiger partial charge in [-0.15, -0.1) is 0 Å². The van der Waals surface area contributed by atoms with Gasteiger partial charge < -0.3 is 19.6 Å². The predicted octanol–water partition coefficient (Wildman–Crippen LogP) is 0.681. The van der Waals surface area contributed by atoms with E-state index in [9.17, 15) is 9.90 Å². The van der Waals surface area contributed by atoms with Gasteiger partial charge in [0.05, 0.1) is 6.61 Å². The lowest BCUT2D eigenvalue weighted by molar-refractivity contribution is -0.148. The minimum atomic E-state index is -0.388. The summed E-state index contributed by atoms with van der Waals surface area (Å²) in [6, 6.07) is 6.94. The van der Waals surface area contributed by atoms with Crippen molar-refractivity contribution >= 4 is 5.91 Å². The maximum Gasteiger partial charge on any atom is 0.253 e. The van der Waals surface area contributed by atoms with Gasteiger partial charge in [0.15, 0.2) is 0 Å². The van der Waals surface area contributed by atoms with Gasteiger partial charge in [-0.2, -0.15) is 0 Å². The summed E-state index contributed by atoms with van der Waals surface area (Å²) < 4.78 is 5.51. The van der Waals surface area contributed by atoms with E-state index in [1.54, 1.807) is 30.1 Å². The van der Waals surface area contributed by atoms with E-state index in [0.29, 0.717) is 19.7 Å². The number of phenols is 1. The fourth-order valence-corrected chi connectivity index (χ4v) is 2.18. The van der Waals surface area contributed by atoms with E-state index in [2.05, 4.69) is 4.90 Å². The summed E-state index contributed by atoms with van der Waals surface area (Å²) in [5.74, 6) is 0.196. The summed E-state index contributed by atoms with van der Waals surface area (Å²) in [6.45, 7) is 2.55. The number of aromatic hydroxyl groups is 1. The molecular weight excluding hydrogens is 244 g/mol. The second kappa shape index (κ2) is 6.04. The van der Waals surface area contributed by atoms with E-state index in [1.807, 2.05) is 13.1 Å². The number of likely N-dealkylation sites (N-methyl/N-ethyl adjacent to an activating group) is 2. The lowest BCUT2D eigenvalue weighted by Gasteiger charge is -2.31. The van der Waals surface area contributed by atoms with E-state index in [4.69, 9.17) is 4.74 Å².